The molecule has 0 atom stereocenters. The van der Waals surface area contributed by atoms with Crippen LogP contribution < -0.4 is 0 Å². The molecule has 0 radical (unpaired) electrons. The van der Waals surface area contributed by atoms with Gasteiger partial charge >= 0.3 is 0 Å². The lowest BCUT2D eigenvalue weighted by Crippen LogP contribution is -2.00. The Morgan fingerprint density at radius 3 is 1.07 bits per heavy atom. The number of halogens is 1. The maximum Gasteiger partial charge on any atom is 0.164 e. The van der Waals surface area contributed by atoms with Crippen molar-refractivity contribution < 1.29 is 0 Å². The van der Waals surface area contributed by atoms with Gasteiger partial charge in [-0.15, -0.1) is 0 Å². The van der Waals surface area contributed by atoms with E-state index in [2.05, 4.69) is 78.9 Å². The van der Waals surface area contributed by atoms with Crippen molar-refractivity contribution in [3.63, 3.8) is 0 Å². The number of hydrogen-bond donors (Lipinski definition) is 0. The van der Waals surface area contributed by atoms with Crippen LogP contribution >= 0.6 is 11.6 Å². The zero-order valence-electron chi connectivity index (χ0n) is 23.2. The molecule has 1 aromatic heterocycles. The Kier molecular flexibility index (Phi) is 7.31. The van der Waals surface area contributed by atoms with Crippen molar-refractivity contribution in [2.45, 2.75) is 0 Å². The number of rotatable bonds is 6. The second-order valence-electron chi connectivity index (χ2n) is 10.3. The molecule has 4 heteroatoms. The summed E-state index contributed by atoms with van der Waals surface area (Å²) in [6.45, 7) is 0. The van der Waals surface area contributed by atoms with E-state index in [0.717, 1.165) is 55.1 Å². The first-order valence-electron chi connectivity index (χ1n) is 14.1. The summed E-state index contributed by atoms with van der Waals surface area (Å²) in [6.07, 6.45) is 0. The standard InChI is InChI=1S/C39H26ClN3/c40-36-16-8-15-35(26-36)34-14-7-13-33(25-34)29-19-17-27(18-20-29)28-21-23-32(24-22-28)39-42-37(30-9-3-1-4-10-30)41-38(43-39)31-11-5-2-6-12-31/h1-26H. The molecule has 3 nitrogen and oxygen atoms in total. The van der Waals surface area contributed by atoms with E-state index in [1.54, 1.807) is 0 Å². The van der Waals surface area contributed by atoms with Crippen LogP contribution in [0.3, 0.4) is 0 Å². The number of aromatic nitrogens is 3. The molecule has 0 N–H and O–H groups in total. The number of nitrogens with zero attached hydrogens (tertiary/aromatic N) is 3. The summed E-state index contributed by atoms with van der Waals surface area (Å²) in [5.74, 6) is 1.96. The molecule has 204 valence electrons. The summed E-state index contributed by atoms with van der Waals surface area (Å²) in [5, 5.41) is 0.738. The monoisotopic (exact) mass is 571 g/mol. The molecule has 0 spiro atoms. The van der Waals surface area contributed by atoms with Crippen molar-refractivity contribution in [3.8, 4) is 67.5 Å². The van der Waals surface area contributed by atoms with E-state index < -0.39 is 0 Å². The van der Waals surface area contributed by atoms with Crippen LogP contribution in [0.2, 0.25) is 5.02 Å². The molecule has 7 rings (SSSR count). The van der Waals surface area contributed by atoms with Gasteiger partial charge in [0.25, 0.3) is 0 Å². The Labute approximate surface area is 256 Å². The quantitative estimate of drug-likeness (QED) is 0.199. The summed E-state index contributed by atoms with van der Waals surface area (Å²) in [4.78, 5) is 14.5. The van der Waals surface area contributed by atoms with Crippen LogP contribution in [0.5, 0.6) is 0 Å². The highest BCUT2D eigenvalue weighted by Gasteiger charge is 2.12. The van der Waals surface area contributed by atoms with E-state index in [4.69, 9.17) is 26.6 Å². The third kappa shape index (κ3) is 5.85. The van der Waals surface area contributed by atoms with Crippen LogP contribution in [-0.4, -0.2) is 15.0 Å². The van der Waals surface area contributed by atoms with E-state index in [1.165, 1.54) is 0 Å². The van der Waals surface area contributed by atoms with Crippen LogP contribution in [0.4, 0.5) is 0 Å². The first-order chi connectivity index (χ1) is 21.2. The summed E-state index contributed by atoms with van der Waals surface area (Å²) in [5.41, 5.74) is 9.70. The third-order valence-corrected chi connectivity index (χ3v) is 7.65. The highest BCUT2D eigenvalue weighted by Crippen LogP contribution is 2.31. The third-order valence-electron chi connectivity index (χ3n) is 7.41. The van der Waals surface area contributed by atoms with E-state index in [0.29, 0.717) is 17.5 Å². The van der Waals surface area contributed by atoms with Crippen molar-refractivity contribution in [2.75, 3.05) is 0 Å². The van der Waals surface area contributed by atoms with Crippen LogP contribution in [-0.2, 0) is 0 Å². The lowest BCUT2D eigenvalue weighted by molar-refractivity contribution is 1.07. The summed E-state index contributed by atoms with van der Waals surface area (Å²) < 4.78 is 0. The molecule has 0 aliphatic rings. The zero-order chi connectivity index (χ0) is 29.0. The molecular weight excluding hydrogens is 546 g/mol. The van der Waals surface area contributed by atoms with E-state index in [9.17, 15) is 0 Å². The van der Waals surface area contributed by atoms with Gasteiger partial charge in [-0.3, -0.25) is 0 Å². The highest BCUT2D eigenvalue weighted by atomic mass is 35.5. The zero-order valence-corrected chi connectivity index (χ0v) is 24.0. The highest BCUT2D eigenvalue weighted by molar-refractivity contribution is 6.30. The fraction of sp³-hybridized carbons (Fsp3) is 0. The number of benzene rings is 6. The average Bonchev–Trinajstić information content (AvgIpc) is 3.09. The van der Waals surface area contributed by atoms with Gasteiger partial charge in [-0.05, 0) is 51.6 Å². The first-order valence-corrected chi connectivity index (χ1v) is 14.5. The maximum atomic E-state index is 6.23. The number of hydrogen-bond acceptors (Lipinski definition) is 3. The average molecular weight is 572 g/mol. The molecule has 0 saturated heterocycles. The van der Waals surface area contributed by atoms with Crippen molar-refractivity contribution in [1.82, 2.24) is 15.0 Å². The van der Waals surface area contributed by atoms with Gasteiger partial charge in [0.05, 0.1) is 0 Å². The summed E-state index contributed by atoms with van der Waals surface area (Å²) in [6, 6.07) is 53.7. The Bertz CT molecular complexity index is 1950. The lowest BCUT2D eigenvalue weighted by atomic mass is 9.97. The molecule has 0 amide bonds. The van der Waals surface area contributed by atoms with Gasteiger partial charge in [0.1, 0.15) is 0 Å². The van der Waals surface area contributed by atoms with Crippen LogP contribution in [0.15, 0.2) is 158 Å². The normalized spacial score (nSPS) is 10.9. The van der Waals surface area contributed by atoms with Crippen LogP contribution in [0.1, 0.15) is 0 Å². The van der Waals surface area contributed by atoms with Crippen molar-refractivity contribution >= 4 is 11.6 Å². The van der Waals surface area contributed by atoms with Crippen molar-refractivity contribution in [3.05, 3.63) is 163 Å². The lowest BCUT2D eigenvalue weighted by Gasteiger charge is -2.10. The van der Waals surface area contributed by atoms with Crippen LogP contribution in [0.25, 0.3) is 67.5 Å². The second kappa shape index (κ2) is 11.8. The minimum atomic E-state index is 0.647. The second-order valence-corrected chi connectivity index (χ2v) is 10.7. The molecule has 0 aliphatic carbocycles. The molecule has 0 aliphatic heterocycles. The van der Waals surface area contributed by atoms with E-state index in [1.807, 2.05) is 78.9 Å². The van der Waals surface area contributed by atoms with Crippen molar-refractivity contribution in [1.29, 1.82) is 0 Å². The Hall–Kier alpha value is -5.38. The molecule has 0 fully saturated rings. The van der Waals surface area contributed by atoms with Gasteiger partial charge in [-0.2, -0.15) is 0 Å². The SMILES string of the molecule is Clc1cccc(-c2cccc(-c3ccc(-c4ccc(-c5nc(-c6ccccc6)nc(-c6ccccc6)n5)cc4)cc3)c2)c1. The van der Waals surface area contributed by atoms with Gasteiger partial charge in [0, 0.05) is 21.7 Å². The molecule has 1 heterocycles. The van der Waals surface area contributed by atoms with Gasteiger partial charge in [-0.1, -0.05) is 151 Å². The van der Waals surface area contributed by atoms with Gasteiger partial charge < -0.3 is 0 Å². The first kappa shape index (κ1) is 26.5. The summed E-state index contributed by atoms with van der Waals surface area (Å²) in [7, 11) is 0. The Balaban J connectivity index is 1.17. The predicted octanol–water partition coefficient (Wildman–Crippen LogP) is 10.5. The van der Waals surface area contributed by atoms with Crippen molar-refractivity contribution in [2.24, 2.45) is 0 Å². The van der Waals surface area contributed by atoms with Gasteiger partial charge in [0.15, 0.2) is 17.5 Å². The minimum Gasteiger partial charge on any atom is -0.208 e. The maximum absolute atomic E-state index is 6.23. The molecule has 0 saturated carbocycles. The van der Waals surface area contributed by atoms with E-state index in [-0.39, 0.29) is 0 Å². The smallest absolute Gasteiger partial charge is 0.164 e. The van der Waals surface area contributed by atoms with E-state index >= 15 is 0 Å². The Morgan fingerprint density at radius 1 is 0.279 bits per heavy atom. The van der Waals surface area contributed by atoms with Gasteiger partial charge in [0.2, 0.25) is 0 Å². The molecule has 7 aromatic rings. The molecule has 0 unspecified atom stereocenters. The van der Waals surface area contributed by atoms with Gasteiger partial charge in [-0.25, -0.2) is 15.0 Å². The molecule has 43 heavy (non-hydrogen) atoms. The minimum absolute atomic E-state index is 0.647. The van der Waals surface area contributed by atoms with Crippen LogP contribution in [0, 0.1) is 0 Å². The summed E-state index contributed by atoms with van der Waals surface area (Å²) >= 11 is 6.23. The predicted molar refractivity (Wildman–Crippen MR) is 177 cm³/mol. The molecular formula is C39H26ClN3. The Morgan fingerprint density at radius 2 is 0.605 bits per heavy atom. The molecule has 6 aromatic carbocycles. The fourth-order valence-corrected chi connectivity index (χ4v) is 5.34. The topological polar surface area (TPSA) is 38.7 Å². The largest absolute Gasteiger partial charge is 0.208 e. The molecule has 0 bridgehead atoms. The fourth-order valence-electron chi connectivity index (χ4n) is 5.15.